The topological polar surface area (TPSA) is 95.9 Å². The Morgan fingerprint density at radius 1 is 0.418 bits per heavy atom. The highest BCUT2D eigenvalue weighted by atomic mass is 16.5. The zero-order chi connectivity index (χ0) is 48.6. The van der Waals surface area contributed by atoms with Crippen LogP contribution in [-0.2, 0) is 14.3 Å². The number of allylic oxidation sites excluding steroid dienone is 4. The van der Waals surface area contributed by atoms with E-state index in [0.717, 1.165) is 77.0 Å². The molecule has 0 bridgehead atoms. The van der Waals surface area contributed by atoms with Gasteiger partial charge in [-0.05, 0) is 57.8 Å². The molecule has 0 aliphatic carbocycles. The van der Waals surface area contributed by atoms with Crippen LogP contribution >= 0.6 is 0 Å². The molecule has 2 atom stereocenters. The minimum absolute atomic E-state index is 0.0164. The first-order valence-corrected chi connectivity index (χ1v) is 30.1. The molecule has 67 heavy (non-hydrogen) atoms. The van der Waals surface area contributed by atoms with Gasteiger partial charge < -0.3 is 20.3 Å². The summed E-state index contributed by atoms with van der Waals surface area (Å²) in [7, 11) is 0. The molecule has 0 fully saturated rings. The van der Waals surface area contributed by atoms with E-state index in [1.54, 1.807) is 0 Å². The molecule has 2 unspecified atom stereocenters. The summed E-state index contributed by atoms with van der Waals surface area (Å²) in [6, 6.07) is -0.558. The molecule has 0 aromatic heterocycles. The van der Waals surface area contributed by atoms with Gasteiger partial charge >= 0.3 is 5.97 Å². The average molecular weight is 945 g/mol. The zero-order valence-electron chi connectivity index (χ0n) is 45.1. The first-order valence-electron chi connectivity index (χ1n) is 30.1. The number of esters is 1. The van der Waals surface area contributed by atoms with E-state index in [1.807, 2.05) is 0 Å². The molecule has 0 aromatic carbocycles. The molecule has 6 heteroatoms. The molecule has 0 radical (unpaired) electrons. The minimum Gasteiger partial charge on any atom is -0.466 e. The van der Waals surface area contributed by atoms with Gasteiger partial charge in [-0.1, -0.05) is 282 Å². The van der Waals surface area contributed by atoms with Crippen LogP contribution in [-0.4, -0.2) is 47.4 Å². The monoisotopic (exact) mass is 944 g/mol. The summed E-state index contributed by atoms with van der Waals surface area (Å²) >= 11 is 0. The summed E-state index contributed by atoms with van der Waals surface area (Å²) < 4.78 is 5.47. The molecule has 1 amide bonds. The number of amides is 1. The van der Waals surface area contributed by atoms with Gasteiger partial charge in [-0.25, -0.2) is 0 Å². The van der Waals surface area contributed by atoms with Crippen molar-refractivity contribution in [2.45, 2.75) is 341 Å². The number of hydrogen-bond acceptors (Lipinski definition) is 5. The maximum atomic E-state index is 12.5. The summed E-state index contributed by atoms with van der Waals surface area (Å²) in [4.78, 5) is 24.6. The fraction of sp³-hybridized carbons (Fsp3) is 0.902. The van der Waals surface area contributed by atoms with Crippen LogP contribution in [0.1, 0.15) is 328 Å². The van der Waals surface area contributed by atoms with Gasteiger partial charge in [-0.3, -0.25) is 9.59 Å². The second-order valence-corrected chi connectivity index (χ2v) is 20.7. The molecular formula is C61H117NO5. The molecule has 0 heterocycles. The molecule has 6 nitrogen and oxygen atoms in total. The van der Waals surface area contributed by atoms with Crippen LogP contribution in [0.3, 0.4) is 0 Å². The zero-order valence-corrected chi connectivity index (χ0v) is 45.1. The molecule has 0 aliphatic rings. The number of aliphatic hydroxyl groups excluding tert-OH is 2. The molecule has 396 valence electrons. The van der Waals surface area contributed by atoms with Crippen molar-refractivity contribution < 1.29 is 24.5 Å². The van der Waals surface area contributed by atoms with E-state index in [4.69, 9.17) is 4.74 Å². The third kappa shape index (κ3) is 53.5. The van der Waals surface area contributed by atoms with Crippen molar-refractivity contribution in [3.8, 4) is 0 Å². The SMILES string of the molecule is CCCCCCCCCCCCCCCCCCCCCC(=O)OCCCCC/C=C\C=C/CCCCCCCCC(=O)NC(CO)C(O)CCCCCCCCCCCCCCCCCC. The second kappa shape index (κ2) is 56.9. The van der Waals surface area contributed by atoms with Crippen molar-refractivity contribution in [3.05, 3.63) is 24.3 Å². The highest BCUT2D eigenvalue weighted by Gasteiger charge is 2.20. The molecule has 3 N–H and O–H groups in total. The van der Waals surface area contributed by atoms with Gasteiger partial charge in [0.1, 0.15) is 0 Å². The van der Waals surface area contributed by atoms with Crippen LogP contribution in [0.4, 0.5) is 0 Å². The van der Waals surface area contributed by atoms with E-state index in [-0.39, 0.29) is 18.5 Å². The highest BCUT2D eigenvalue weighted by molar-refractivity contribution is 5.76. The largest absolute Gasteiger partial charge is 0.466 e. The lowest BCUT2D eigenvalue weighted by Gasteiger charge is -2.22. The van der Waals surface area contributed by atoms with Crippen molar-refractivity contribution in [1.82, 2.24) is 5.32 Å². The van der Waals surface area contributed by atoms with Gasteiger partial charge in [-0.15, -0.1) is 0 Å². The Bertz CT molecular complexity index is 1040. The molecule has 0 saturated heterocycles. The van der Waals surface area contributed by atoms with Crippen LogP contribution < -0.4 is 5.32 Å². The third-order valence-electron chi connectivity index (χ3n) is 14.0. The standard InChI is InChI=1S/C61H117NO5/c1-3-5-7-9-11-13-15-17-19-21-22-23-27-31-35-39-43-47-51-55-61(66)67-56-52-48-44-40-36-32-28-24-26-30-34-38-42-46-50-54-60(65)62-58(57-63)59(64)53-49-45-41-37-33-29-25-20-18-16-14-12-10-8-6-4-2/h24,28,32,36,58-59,63-64H,3-23,25-27,29-31,33-35,37-57H2,1-2H3,(H,62,65)/b28-24-,36-32-. The maximum absolute atomic E-state index is 12.5. The van der Waals surface area contributed by atoms with Crippen LogP contribution in [0.25, 0.3) is 0 Å². The molecule has 0 saturated carbocycles. The Kier molecular flexibility index (Phi) is 55.5. The average Bonchev–Trinajstić information content (AvgIpc) is 3.33. The molecule has 0 rings (SSSR count). The fourth-order valence-corrected chi connectivity index (χ4v) is 9.40. The van der Waals surface area contributed by atoms with E-state index in [1.165, 1.54) is 218 Å². The van der Waals surface area contributed by atoms with E-state index in [9.17, 15) is 19.8 Å². The first-order chi connectivity index (χ1) is 33.0. The Morgan fingerprint density at radius 3 is 1.10 bits per heavy atom. The van der Waals surface area contributed by atoms with Crippen molar-refractivity contribution >= 4 is 11.9 Å². The predicted molar refractivity (Wildman–Crippen MR) is 292 cm³/mol. The normalized spacial score (nSPS) is 12.7. The number of carbonyl (C=O) groups is 2. The lowest BCUT2D eigenvalue weighted by molar-refractivity contribution is -0.143. The summed E-state index contributed by atoms with van der Waals surface area (Å²) in [5.41, 5.74) is 0. The van der Waals surface area contributed by atoms with Gasteiger partial charge in [0, 0.05) is 12.8 Å². The lowest BCUT2D eigenvalue weighted by atomic mass is 10.0. The lowest BCUT2D eigenvalue weighted by Crippen LogP contribution is -2.45. The molecule has 0 spiro atoms. The van der Waals surface area contributed by atoms with E-state index < -0.39 is 12.1 Å². The molecule has 0 aliphatic heterocycles. The summed E-state index contributed by atoms with van der Waals surface area (Å²) in [6.07, 6.45) is 68.9. The van der Waals surface area contributed by atoms with Crippen LogP contribution in [0.2, 0.25) is 0 Å². The quantitative estimate of drug-likeness (QED) is 0.0321. The van der Waals surface area contributed by atoms with Crippen LogP contribution in [0, 0.1) is 0 Å². The number of unbranched alkanes of at least 4 members (excludes halogenated alkanes) is 42. The summed E-state index contributed by atoms with van der Waals surface area (Å²) in [6.45, 7) is 4.92. The van der Waals surface area contributed by atoms with Gasteiger partial charge in [0.2, 0.25) is 5.91 Å². The Hall–Kier alpha value is -1.66. The maximum Gasteiger partial charge on any atom is 0.305 e. The van der Waals surface area contributed by atoms with Gasteiger partial charge in [0.15, 0.2) is 0 Å². The summed E-state index contributed by atoms with van der Waals surface area (Å²) in [5.74, 6) is -0.0718. The minimum atomic E-state index is -0.678. The van der Waals surface area contributed by atoms with E-state index >= 15 is 0 Å². The van der Waals surface area contributed by atoms with Gasteiger partial charge in [0.05, 0.1) is 25.4 Å². The number of carbonyl (C=O) groups excluding carboxylic acids is 2. The Balaban J connectivity index is 3.48. The predicted octanol–water partition coefficient (Wildman–Crippen LogP) is 18.6. The number of aliphatic hydroxyl groups is 2. The van der Waals surface area contributed by atoms with Crippen molar-refractivity contribution in [1.29, 1.82) is 0 Å². The second-order valence-electron chi connectivity index (χ2n) is 20.7. The first kappa shape index (κ1) is 65.3. The number of nitrogens with one attached hydrogen (secondary N) is 1. The number of rotatable bonds is 56. The van der Waals surface area contributed by atoms with Crippen LogP contribution in [0.15, 0.2) is 24.3 Å². The summed E-state index contributed by atoms with van der Waals surface area (Å²) in [5, 5.41) is 23.3. The van der Waals surface area contributed by atoms with E-state index in [2.05, 4.69) is 43.5 Å². The Morgan fingerprint density at radius 2 is 0.731 bits per heavy atom. The smallest absolute Gasteiger partial charge is 0.305 e. The van der Waals surface area contributed by atoms with Gasteiger partial charge in [0.25, 0.3) is 0 Å². The Labute approximate surface area is 418 Å². The molecule has 0 aromatic rings. The van der Waals surface area contributed by atoms with Crippen molar-refractivity contribution in [2.24, 2.45) is 0 Å². The van der Waals surface area contributed by atoms with Crippen molar-refractivity contribution in [3.63, 3.8) is 0 Å². The van der Waals surface area contributed by atoms with Crippen LogP contribution in [0.5, 0.6) is 0 Å². The van der Waals surface area contributed by atoms with Gasteiger partial charge in [-0.2, -0.15) is 0 Å². The number of hydrogen-bond donors (Lipinski definition) is 3. The van der Waals surface area contributed by atoms with E-state index in [0.29, 0.717) is 25.9 Å². The fourth-order valence-electron chi connectivity index (χ4n) is 9.40. The number of ether oxygens (including phenoxy) is 1. The van der Waals surface area contributed by atoms with Crippen molar-refractivity contribution in [2.75, 3.05) is 13.2 Å². The third-order valence-corrected chi connectivity index (χ3v) is 14.0. The molecular weight excluding hydrogens is 827 g/mol. The highest BCUT2D eigenvalue weighted by Crippen LogP contribution is 2.18.